The Bertz CT molecular complexity index is 158. The zero-order valence-corrected chi connectivity index (χ0v) is 6.63. The molecule has 0 aromatic rings. The lowest BCUT2D eigenvalue weighted by Gasteiger charge is -2.22. The first-order valence-electron chi connectivity index (χ1n) is 3.78. The Labute approximate surface area is 66.0 Å². The molecule has 1 aliphatic heterocycles. The Morgan fingerprint density at radius 1 is 1.73 bits per heavy atom. The van der Waals surface area contributed by atoms with Crippen molar-refractivity contribution in [2.45, 2.75) is 32.3 Å². The maximum absolute atomic E-state index is 10.7. The molecule has 62 valence electrons. The van der Waals surface area contributed by atoms with Gasteiger partial charge in [-0.1, -0.05) is 19.9 Å². The highest BCUT2D eigenvalue weighted by atomic mass is 16.7. The molecule has 1 atom stereocenters. The molecule has 11 heavy (non-hydrogen) atoms. The molecule has 1 fully saturated rings. The molecule has 1 unspecified atom stereocenters. The lowest BCUT2D eigenvalue weighted by atomic mass is 10.1. The van der Waals surface area contributed by atoms with Crippen LogP contribution in [0.25, 0.3) is 0 Å². The number of hydrogen-bond donors (Lipinski definition) is 0. The van der Waals surface area contributed by atoms with Crippen molar-refractivity contribution >= 4 is 6.16 Å². The first kappa shape index (κ1) is 8.11. The smallest absolute Gasteiger partial charge is 0.430 e. The number of ether oxygens (including phenoxy) is 2. The summed E-state index contributed by atoms with van der Waals surface area (Å²) in [5.41, 5.74) is 0. The molecule has 0 N–H and O–H groups in total. The van der Waals surface area contributed by atoms with Crippen LogP contribution in [0.1, 0.15) is 26.2 Å². The van der Waals surface area contributed by atoms with Gasteiger partial charge in [0.15, 0.2) is 0 Å². The Balaban J connectivity index is 2.43. The zero-order valence-electron chi connectivity index (χ0n) is 6.63. The summed E-state index contributed by atoms with van der Waals surface area (Å²) in [5, 5.41) is 0. The van der Waals surface area contributed by atoms with E-state index in [1.165, 1.54) is 0 Å². The van der Waals surface area contributed by atoms with Gasteiger partial charge >= 0.3 is 6.16 Å². The Morgan fingerprint density at radius 3 is 3.00 bits per heavy atom. The molecular weight excluding hydrogens is 144 g/mol. The number of hydrogen-bond acceptors (Lipinski definition) is 3. The van der Waals surface area contributed by atoms with E-state index in [0.29, 0.717) is 12.2 Å². The number of carbonyl (C=O) groups is 1. The van der Waals surface area contributed by atoms with E-state index in [1.54, 1.807) is 0 Å². The topological polar surface area (TPSA) is 35.5 Å². The second-order valence-corrected chi connectivity index (χ2v) is 2.62. The van der Waals surface area contributed by atoms with Gasteiger partial charge in [0.2, 0.25) is 0 Å². The summed E-state index contributed by atoms with van der Waals surface area (Å²) in [6, 6.07) is 0. The van der Waals surface area contributed by atoms with Gasteiger partial charge in [0, 0.05) is 6.42 Å². The van der Waals surface area contributed by atoms with E-state index in [-0.39, 0.29) is 6.10 Å². The number of rotatable bonds is 2. The highest BCUT2D eigenvalue weighted by molar-refractivity contribution is 5.62. The molecule has 3 heteroatoms. The van der Waals surface area contributed by atoms with Crippen LogP contribution in [0, 0.1) is 0 Å². The molecule has 0 aromatic carbocycles. The molecular formula is C8H12O3. The number of carbonyl (C=O) groups excluding carboxylic acids is 1. The average Bonchev–Trinajstić information content (AvgIpc) is 1.85. The van der Waals surface area contributed by atoms with Crippen LogP contribution < -0.4 is 0 Å². The summed E-state index contributed by atoms with van der Waals surface area (Å²) in [5.74, 6) is 0.514. The van der Waals surface area contributed by atoms with Crippen LogP contribution in [0.4, 0.5) is 4.79 Å². The molecule has 0 bridgehead atoms. The largest absolute Gasteiger partial charge is 0.513 e. The van der Waals surface area contributed by atoms with Crippen LogP contribution in [-0.4, -0.2) is 12.3 Å². The Hall–Kier alpha value is -0.990. The van der Waals surface area contributed by atoms with E-state index in [0.717, 1.165) is 12.8 Å². The van der Waals surface area contributed by atoms with E-state index < -0.39 is 6.16 Å². The molecule has 1 heterocycles. The quantitative estimate of drug-likeness (QED) is 0.575. The fourth-order valence-corrected chi connectivity index (χ4v) is 1.10. The third-order valence-corrected chi connectivity index (χ3v) is 1.56. The molecule has 0 radical (unpaired) electrons. The third-order valence-electron chi connectivity index (χ3n) is 1.56. The summed E-state index contributed by atoms with van der Waals surface area (Å²) in [7, 11) is 0. The van der Waals surface area contributed by atoms with Crippen molar-refractivity contribution in [1.82, 2.24) is 0 Å². The molecule has 3 nitrogen and oxygen atoms in total. The van der Waals surface area contributed by atoms with Gasteiger partial charge in [-0.25, -0.2) is 4.79 Å². The van der Waals surface area contributed by atoms with Gasteiger partial charge in [-0.2, -0.15) is 0 Å². The van der Waals surface area contributed by atoms with E-state index in [2.05, 4.69) is 11.3 Å². The zero-order chi connectivity index (χ0) is 8.27. The molecule has 1 aliphatic rings. The predicted molar refractivity (Wildman–Crippen MR) is 40.0 cm³/mol. The average molecular weight is 156 g/mol. The fourth-order valence-electron chi connectivity index (χ4n) is 1.10. The van der Waals surface area contributed by atoms with Gasteiger partial charge in [-0.3, -0.25) is 0 Å². The van der Waals surface area contributed by atoms with E-state index in [1.807, 2.05) is 6.92 Å². The van der Waals surface area contributed by atoms with Crippen molar-refractivity contribution in [1.29, 1.82) is 0 Å². The van der Waals surface area contributed by atoms with E-state index >= 15 is 0 Å². The molecule has 0 aliphatic carbocycles. The third kappa shape index (κ3) is 2.26. The molecule has 0 amide bonds. The van der Waals surface area contributed by atoms with Crippen LogP contribution in [0.3, 0.4) is 0 Å². The van der Waals surface area contributed by atoms with Crippen LogP contribution >= 0.6 is 0 Å². The normalized spacial score (nSPS) is 24.3. The van der Waals surface area contributed by atoms with Gasteiger partial charge in [0.25, 0.3) is 0 Å². The molecule has 0 spiro atoms. The Kier molecular flexibility index (Phi) is 2.52. The highest BCUT2D eigenvalue weighted by Crippen LogP contribution is 2.19. The second-order valence-electron chi connectivity index (χ2n) is 2.62. The summed E-state index contributed by atoms with van der Waals surface area (Å²) in [6.45, 7) is 5.62. The van der Waals surface area contributed by atoms with Crippen molar-refractivity contribution < 1.29 is 14.3 Å². The van der Waals surface area contributed by atoms with Crippen LogP contribution in [0.15, 0.2) is 12.3 Å². The van der Waals surface area contributed by atoms with Crippen molar-refractivity contribution in [2.75, 3.05) is 0 Å². The summed E-state index contributed by atoms with van der Waals surface area (Å²) >= 11 is 0. The Morgan fingerprint density at radius 2 is 2.45 bits per heavy atom. The van der Waals surface area contributed by atoms with Gasteiger partial charge in [0.05, 0.1) is 0 Å². The lowest BCUT2D eigenvalue weighted by Crippen LogP contribution is -2.25. The van der Waals surface area contributed by atoms with Crippen LogP contribution in [0.2, 0.25) is 0 Å². The maximum atomic E-state index is 10.7. The fraction of sp³-hybridized carbons (Fsp3) is 0.625. The van der Waals surface area contributed by atoms with Crippen molar-refractivity contribution in [2.24, 2.45) is 0 Å². The summed E-state index contributed by atoms with van der Waals surface area (Å²) in [6.07, 6.45) is 1.90. The highest BCUT2D eigenvalue weighted by Gasteiger charge is 2.23. The van der Waals surface area contributed by atoms with Crippen LogP contribution in [-0.2, 0) is 9.47 Å². The summed E-state index contributed by atoms with van der Waals surface area (Å²) < 4.78 is 9.48. The minimum absolute atomic E-state index is 0.0197. The minimum atomic E-state index is -0.611. The molecule has 0 aromatic heterocycles. The first-order chi connectivity index (χ1) is 5.22. The number of cyclic esters (lactones) is 2. The molecule has 1 rings (SSSR count). The minimum Gasteiger partial charge on any atom is -0.430 e. The SMILES string of the molecule is C=C1CC(CCC)OC(=O)O1. The van der Waals surface area contributed by atoms with Gasteiger partial charge in [0.1, 0.15) is 11.9 Å². The van der Waals surface area contributed by atoms with Gasteiger partial charge in [-0.15, -0.1) is 0 Å². The van der Waals surface area contributed by atoms with E-state index in [4.69, 9.17) is 4.74 Å². The molecule has 1 saturated heterocycles. The second kappa shape index (κ2) is 3.42. The monoisotopic (exact) mass is 156 g/mol. The van der Waals surface area contributed by atoms with Gasteiger partial charge < -0.3 is 9.47 Å². The first-order valence-corrected chi connectivity index (χ1v) is 3.78. The van der Waals surface area contributed by atoms with Gasteiger partial charge in [-0.05, 0) is 6.42 Å². The summed E-state index contributed by atoms with van der Waals surface area (Å²) in [4.78, 5) is 10.7. The maximum Gasteiger partial charge on any atom is 0.513 e. The lowest BCUT2D eigenvalue weighted by molar-refractivity contribution is 0.00290. The van der Waals surface area contributed by atoms with Crippen LogP contribution in [0.5, 0.6) is 0 Å². The predicted octanol–water partition coefficient (Wildman–Crippen LogP) is 2.23. The van der Waals surface area contributed by atoms with Crippen molar-refractivity contribution in [3.8, 4) is 0 Å². The van der Waals surface area contributed by atoms with Crippen molar-refractivity contribution in [3.05, 3.63) is 12.3 Å². The van der Waals surface area contributed by atoms with E-state index in [9.17, 15) is 4.79 Å². The molecule has 0 saturated carbocycles. The van der Waals surface area contributed by atoms with Crippen molar-refractivity contribution in [3.63, 3.8) is 0 Å². The standard InChI is InChI=1S/C8H12O3/c1-3-4-7-5-6(2)10-8(9)11-7/h7H,2-5H2,1H3.